The molecule has 4 rings (SSSR count). The molecule has 4 heterocycles. The van der Waals surface area contributed by atoms with Crippen LogP contribution < -0.4 is 15.8 Å². The number of hydrogen-bond donors (Lipinski definition) is 2. The van der Waals surface area contributed by atoms with Gasteiger partial charge in [0.25, 0.3) is 0 Å². The van der Waals surface area contributed by atoms with E-state index >= 15 is 0 Å². The van der Waals surface area contributed by atoms with Crippen molar-refractivity contribution in [3.05, 3.63) is 6.33 Å². The average molecular weight is 249 g/mol. The molecule has 1 aromatic rings. The highest BCUT2D eigenvalue weighted by atomic mass is 16.5. The summed E-state index contributed by atoms with van der Waals surface area (Å²) in [4.78, 5) is 10.7. The van der Waals surface area contributed by atoms with Crippen LogP contribution in [0.15, 0.2) is 6.33 Å². The molecular weight excluding hydrogens is 230 g/mol. The molecule has 0 radical (unpaired) electrons. The van der Waals surface area contributed by atoms with Crippen molar-refractivity contribution in [3.63, 3.8) is 0 Å². The highest BCUT2D eigenvalue weighted by Gasteiger charge is 2.34. The number of hydrogen-bond acceptors (Lipinski definition) is 6. The fourth-order valence-electron chi connectivity index (χ4n) is 2.96. The SMILES string of the molecule is COc1ncnc(NC2CN3CCC2CC3)c1N. The number of ether oxygens (including phenoxy) is 1. The van der Waals surface area contributed by atoms with Crippen LogP contribution in [0.25, 0.3) is 0 Å². The molecule has 3 aliphatic rings. The van der Waals surface area contributed by atoms with Crippen LogP contribution in [0.2, 0.25) is 0 Å². The summed E-state index contributed by atoms with van der Waals surface area (Å²) >= 11 is 0. The summed E-state index contributed by atoms with van der Waals surface area (Å²) in [7, 11) is 1.57. The van der Waals surface area contributed by atoms with E-state index in [0.717, 1.165) is 12.5 Å². The Morgan fingerprint density at radius 3 is 2.78 bits per heavy atom. The second kappa shape index (κ2) is 4.61. The lowest BCUT2D eigenvalue weighted by Gasteiger charge is -2.45. The van der Waals surface area contributed by atoms with E-state index in [1.54, 1.807) is 7.11 Å². The highest BCUT2D eigenvalue weighted by molar-refractivity contribution is 5.66. The number of nitrogens with zero attached hydrogens (tertiary/aromatic N) is 3. The van der Waals surface area contributed by atoms with E-state index in [1.165, 1.54) is 32.3 Å². The molecule has 3 fully saturated rings. The number of fused-ring (bicyclic) bond motifs is 3. The molecule has 1 atom stereocenters. The monoisotopic (exact) mass is 249 g/mol. The van der Waals surface area contributed by atoms with Crippen LogP contribution in [-0.2, 0) is 0 Å². The third-order valence-corrected chi connectivity index (χ3v) is 4.02. The number of nitrogens with two attached hydrogens (primary N) is 1. The van der Waals surface area contributed by atoms with Crippen molar-refractivity contribution < 1.29 is 4.74 Å². The third kappa shape index (κ3) is 1.96. The number of aromatic nitrogens is 2. The molecule has 3 aliphatic heterocycles. The number of rotatable bonds is 3. The van der Waals surface area contributed by atoms with Crippen molar-refractivity contribution in [2.45, 2.75) is 18.9 Å². The van der Waals surface area contributed by atoms with Crippen LogP contribution in [0.4, 0.5) is 11.5 Å². The topological polar surface area (TPSA) is 76.3 Å². The molecule has 0 saturated carbocycles. The predicted molar refractivity (Wildman–Crippen MR) is 69.6 cm³/mol. The average Bonchev–Trinajstić information content (AvgIpc) is 2.42. The minimum absolute atomic E-state index is 0.439. The zero-order valence-electron chi connectivity index (χ0n) is 10.6. The first-order valence-corrected chi connectivity index (χ1v) is 6.41. The Morgan fingerprint density at radius 2 is 2.17 bits per heavy atom. The van der Waals surface area contributed by atoms with Gasteiger partial charge >= 0.3 is 0 Å². The first-order valence-electron chi connectivity index (χ1n) is 6.41. The van der Waals surface area contributed by atoms with Gasteiger partial charge in [-0.15, -0.1) is 0 Å². The number of piperidine rings is 3. The van der Waals surface area contributed by atoms with Gasteiger partial charge in [0.1, 0.15) is 12.0 Å². The molecule has 98 valence electrons. The van der Waals surface area contributed by atoms with E-state index in [-0.39, 0.29) is 0 Å². The van der Waals surface area contributed by atoms with Gasteiger partial charge in [-0.3, -0.25) is 0 Å². The van der Waals surface area contributed by atoms with Crippen molar-refractivity contribution in [2.75, 3.05) is 37.8 Å². The molecule has 0 amide bonds. The Bertz CT molecular complexity index is 430. The summed E-state index contributed by atoms with van der Waals surface area (Å²) in [5, 5.41) is 3.46. The smallest absolute Gasteiger partial charge is 0.242 e. The largest absolute Gasteiger partial charge is 0.479 e. The summed E-state index contributed by atoms with van der Waals surface area (Å²) in [6.07, 6.45) is 4.01. The van der Waals surface area contributed by atoms with Crippen molar-refractivity contribution >= 4 is 11.5 Å². The van der Waals surface area contributed by atoms with Crippen molar-refractivity contribution in [2.24, 2.45) is 5.92 Å². The Labute approximate surface area is 107 Å². The van der Waals surface area contributed by atoms with Gasteiger partial charge in [0, 0.05) is 12.6 Å². The zero-order chi connectivity index (χ0) is 12.5. The minimum Gasteiger partial charge on any atom is -0.479 e. The molecule has 2 bridgehead atoms. The van der Waals surface area contributed by atoms with Crippen LogP contribution in [0, 0.1) is 5.92 Å². The van der Waals surface area contributed by atoms with E-state index < -0.39 is 0 Å². The molecule has 6 nitrogen and oxygen atoms in total. The normalized spacial score (nSPS) is 30.2. The van der Waals surface area contributed by atoms with Crippen LogP contribution >= 0.6 is 0 Å². The van der Waals surface area contributed by atoms with Gasteiger partial charge in [0.05, 0.1) is 7.11 Å². The lowest BCUT2D eigenvalue weighted by atomic mass is 9.84. The van der Waals surface area contributed by atoms with E-state index in [2.05, 4.69) is 20.2 Å². The van der Waals surface area contributed by atoms with Crippen LogP contribution in [-0.4, -0.2) is 47.7 Å². The maximum atomic E-state index is 5.98. The summed E-state index contributed by atoms with van der Waals surface area (Å²) < 4.78 is 5.11. The Kier molecular flexibility index (Phi) is 2.95. The number of nitrogens with one attached hydrogen (secondary N) is 1. The molecule has 1 aromatic heterocycles. The summed E-state index contributed by atoms with van der Waals surface area (Å²) in [6.45, 7) is 3.53. The number of methoxy groups -OCH3 is 1. The lowest BCUT2D eigenvalue weighted by Crippen LogP contribution is -2.53. The van der Waals surface area contributed by atoms with Crippen LogP contribution in [0.5, 0.6) is 5.88 Å². The second-order valence-electron chi connectivity index (χ2n) is 5.03. The van der Waals surface area contributed by atoms with Crippen LogP contribution in [0.3, 0.4) is 0 Å². The summed E-state index contributed by atoms with van der Waals surface area (Å²) in [5.74, 6) is 1.87. The molecule has 0 aromatic carbocycles. The molecule has 18 heavy (non-hydrogen) atoms. The van der Waals surface area contributed by atoms with Gasteiger partial charge in [0.2, 0.25) is 5.88 Å². The molecule has 3 N–H and O–H groups in total. The molecule has 6 heteroatoms. The van der Waals surface area contributed by atoms with E-state index in [1.807, 2.05) is 0 Å². The quantitative estimate of drug-likeness (QED) is 0.816. The second-order valence-corrected chi connectivity index (χ2v) is 5.03. The minimum atomic E-state index is 0.439. The molecule has 0 aliphatic carbocycles. The van der Waals surface area contributed by atoms with E-state index in [0.29, 0.717) is 23.4 Å². The highest BCUT2D eigenvalue weighted by Crippen LogP contribution is 2.32. The number of anilines is 2. The number of nitrogen functional groups attached to an aromatic ring is 1. The fraction of sp³-hybridized carbons (Fsp3) is 0.667. The Morgan fingerprint density at radius 1 is 1.39 bits per heavy atom. The molecule has 3 saturated heterocycles. The molecule has 1 unspecified atom stereocenters. The Balaban J connectivity index is 1.76. The van der Waals surface area contributed by atoms with Gasteiger partial charge in [0.15, 0.2) is 5.82 Å². The zero-order valence-corrected chi connectivity index (χ0v) is 10.6. The van der Waals surface area contributed by atoms with Crippen molar-refractivity contribution in [3.8, 4) is 5.88 Å². The summed E-state index contributed by atoms with van der Waals surface area (Å²) in [6, 6.07) is 0.439. The maximum absolute atomic E-state index is 5.98. The summed E-state index contributed by atoms with van der Waals surface area (Å²) in [5.41, 5.74) is 6.48. The maximum Gasteiger partial charge on any atom is 0.242 e. The van der Waals surface area contributed by atoms with E-state index in [9.17, 15) is 0 Å². The Hall–Kier alpha value is -1.56. The van der Waals surface area contributed by atoms with Crippen LogP contribution in [0.1, 0.15) is 12.8 Å². The molecule has 0 spiro atoms. The first kappa shape index (κ1) is 11.5. The van der Waals surface area contributed by atoms with E-state index in [4.69, 9.17) is 10.5 Å². The van der Waals surface area contributed by atoms with Crippen molar-refractivity contribution in [1.29, 1.82) is 0 Å². The van der Waals surface area contributed by atoms with Gasteiger partial charge in [-0.05, 0) is 31.8 Å². The third-order valence-electron chi connectivity index (χ3n) is 4.02. The van der Waals surface area contributed by atoms with Gasteiger partial charge in [-0.1, -0.05) is 0 Å². The van der Waals surface area contributed by atoms with Crippen molar-refractivity contribution in [1.82, 2.24) is 14.9 Å². The predicted octanol–water partition coefficient (Wildman–Crippen LogP) is 0.573. The molecular formula is C12H19N5O. The standard InChI is InChI=1S/C12H19N5O/c1-18-12-10(13)11(14-7-15-12)16-9-6-17-4-2-8(9)3-5-17/h7-9H,2-6,13H2,1H3,(H,14,15,16). The fourth-order valence-corrected chi connectivity index (χ4v) is 2.96. The lowest BCUT2D eigenvalue weighted by molar-refractivity contribution is 0.0974. The van der Waals surface area contributed by atoms with Gasteiger partial charge in [-0.25, -0.2) is 4.98 Å². The first-order chi connectivity index (χ1) is 8.78. The van der Waals surface area contributed by atoms with Gasteiger partial charge in [-0.2, -0.15) is 4.98 Å². The van der Waals surface area contributed by atoms with Gasteiger partial charge < -0.3 is 20.7 Å².